The van der Waals surface area contributed by atoms with E-state index in [0.29, 0.717) is 5.41 Å². The Hall–Kier alpha value is -1.82. The molecule has 0 bridgehead atoms. The van der Waals surface area contributed by atoms with E-state index in [4.69, 9.17) is 0 Å². The quantitative estimate of drug-likeness (QED) is 0.477. The molecule has 2 aliphatic rings. The molecule has 0 aromatic heterocycles. The number of hydrogen-bond acceptors (Lipinski definition) is 0. The van der Waals surface area contributed by atoms with E-state index >= 15 is 0 Å². The molecule has 2 aliphatic carbocycles. The van der Waals surface area contributed by atoms with Gasteiger partial charge in [0.2, 0.25) is 0 Å². The zero-order chi connectivity index (χ0) is 17.1. The van der Waals surface area contributed by atoms with Crippen molar-refractivity contribution in [3.05, 3.63) is 59.7 Å². The van der Waals surface area contributed by atoms with Gasteiger partial charge in [-0.2, -0.15) is 0 Å². The fourth-order valence-electron chi connectivity index (χ4n) is 3.35. The normalized spacial score (nSPS) is 18.2. The molecule has 0 atom stereocenters. The van der Waals surface area contributed by atoms with Gasteiger partial charge in [-0.05, 0) is 45.9 Å². The predicted octanol–water partition coefficient (Wildman–Crippen LogP) is 7.35. The van der Waals surface area contributed by atoms with Crippen LogP contribution in [0.15, 0.2) is 48.6 Å². The maximum Gasteiger partial charge on any atom is 0.0125 e. The van der Waals surface area contributed by atoms with E-state index < -0.39 is 0 Å². The Morgan fingerprint density at radius 2 is 1.13 bits per heavy atom. The number of allylic oxidation sites excluding steroid dienone is 2. The molecule has 0 saturated heterocycles. The first-order valence-electron chi connectivity index (χ1n) is 9.01. The lowest BCUT2D eigenvalue weighted by Crippen LogP contribution is -2.00. The van der Waals surface area contributed by atoms with Crippen LogP contribution in [0.2, 0.25) is 0 Å². The lowest BCUT2D eigenvalue weighted by Gasteiger charge is -2.09. The van der Waals surface area contributed by atoms with E-state index in [0.717, 1.165) is 0 Å². The van der Waals surface area contributed by atoms with Crippen LogP contribution in [0.5, 0.6) is 0 Å². The highest BCUT2D eigenvalue weighted by Crippen LogP contribution is 2.66. The number of benzene rings is 2. The second-order valence-electron chi connectivity index (χ2n) is 6.60. The minimum absolute atomic E-state index is 0.290. The highest BCUT2D eigenvalue weighted by molar-refractivity contribution is 5.89. The summed E-state index contributed by atoms with van der Waals surface area (Å²) >= 11 is 0. The van der Waals surface area contributed by atoms with Gasteiger partial charge in [-0.25, -0.2) is 0 Å². The zero-order valence-electron chi connectivity index (χ0n) is 15.5. The summed E-state index contributed by atoms with van der Waals surface area (Å²) in [5.41, 5.74) is 3.39. The van der Waals surface area contributed by atoms with Crippen molar-refractivity contribution >= 4 is 22.9 Å². The lowest BCUT2D eigenvalue weighted by molar-refractivity contribution is 0.545. The summed E-state index contributed by atoms with van der Waals surface area (Å²) in [5.74, 6) is 0. The van der Waals surface area contributed by atoms with E-state index in [9.17, 15) is 0 Å². The maximum atomic E-state index is 2.41. The van der Waals surface area contributed by atoms with Gasteiger partial charge in [0.1, 0.15) is 0 Å². The van der Waals surface area contributed by atoms with E-state index in [-0.39, 0.29) is 5.41 Å². The van der Waals surface area contributed by atoms with Crippen LogP contribution in [0.3, 0.4) is 0 Å². The third kappa shape index (κ3) is 3.13. The van der Waals surface area contributed by atoms with Gasteiger partial charge >= 0.3 is 0 Å². The highest BCUT2D eigenvalue weighted by atomic mass is 14.6. The summed E-state index contributed by atoms with van der Waals surface area (Å²) in [5, 5.41) is 2.65. The first-order valence-corrected chi connectivity index (χ1v) is 9.01. The lowest BCUT2D eigenvalue weighted by atomic mass is 9.95. The minimum Gasteiger partial charge on any atom is -0.0734 e. The maximum absolute atomic E-state index is 2.41. The highest BCUT2D eigenvalue weighted by Gasteiger charge is 2.57. The average Bonchev–Trinajstić information content (AvgIpc) is 3.20. The van der Waals surface area contributed by atoms with Crippen molar-refractivity contribution in [2.45, 2.75) is 48.0 Å². The molecule has 0 nitrogen and oxygen atoms in total. The first kappa shape index (κ1) is 17.5. The van der Waals surface area contributed by atoms with Gasteiger partial charge in [0, 0.05) is 5.41 Å². The SMILES string of the molecule is CC.CC.CC1(C)CC12C=Cc1cc3ccccc3cc1C=C2. The van der Waals surface area contributed by atoms with E-state index in [2.05, 4.69) is 74.5 Å². The van der Waals surface area contributed by atoms with Crippen LogP contribution in [-0.2, 0) is 0 Å². The fourth-order valence-corrected chi connectivity index (χ4v) is 3.35. The van der Waals surface area contributed by atoms with Crippen molar-refractivity contribution in [2.75, 3.05) is 0 Å². The van der Waals surface area contributed by atoms with Gasteiger partial charge in [0.25, 0.3) is 0 Å². The molecule has 1 saturated carbocycles. The molecule has 2 aromatic rings. The van der Waals surface area contributed by atoms with E-state index in [1.165, 1.54) is 28.3 Å². The largest absolute Gasteiger partial charge is 0.0734 e. The minimum atomic E-state index is 0.290. The molecule has 1 spiro atoms. The van der Waals surface area contributed by atoms with Gasteiger partial charge in [-0.15, -0.1) is 0 Å². The van der Waals surface area contributed by atoms with E-state index in [1.54, 1.807) is 0 Å². The second kappa shape index (κ2) is 6.74. The van der Waals surface area contributed by atoms with Crippen molar-refractivity contribution in [1.82, 2.24) is 0 Å². The molecular formula is C23H30. The van der Waals surface area contributed by atoms with Crippen LogP contribution in [0.4, 0.5) is 0 Å². The van der Waals surface area contributed by atoms with Crippen molar-refractivity contribution in [1.29, 1.82) is 0 Å². The predicted molar refractivity (Wildman–Crippen MR) is 106 cm³/mol. The summed E-state index contributed by atoms with van der Waals surface area (Å²) in [6.07, 6.45) is 10.7. The van der Waals surface area contributed by atoms with E-state index in [1.807, 2.05) is 27.7 Å². The van der Waals surface area contributed by atoms with Gasteiger partial charge in [0.05, 0.1) is 0 Å². The van der Waals surface area contributed by atoms with Gasteiger partial charge < -0.3 is 0 Å². The van der Waals surface area contributed by atoms with Crippen molar-refractivity contribution in [2.24, 2.45) is 10.8 Å². The molecule has 2 aromatic carbocycles. The third-order valence-corrected chi connectivity index (χ3v) is 4.94. The molecule has 0 unspecified atom stereocenters. The topological polar surface area (TPSA) is 0 Å². The fraction of sp³-hybridized carbons (Fsp3) is 0.391. The molecule has 0 aliphatic heterocycles. The summed E-state index contributed by atoms with van der Waals surface area (Å²) in [7, 11) is 0. The molecule has 1 fully saturated rings. The van der Waals surface area contributed by atoms with Gasteiger partial charge in [0.15, 0.2) is 0 Å². The number of fused-ring (bicyclic) bond motifs is 2. The Balaban J connectivity index is 0.000000448. The third-order valence-electron chi connectivity index (χ3n) is 4.94. The number of rotatable bonds is 0. The molecule has 0 amide bonds. The Morgan fingerprint density at radius 1 is 0.739 bits per heavy atom. The molecule has 0 heterocycles. The number of hydrogen-bond donors (Lipinski definition) is 0. The molecule has 23 heavy (non-hydrogen) atoms. The van der Waals surface area contributed by atoms with Crippen molar-refractivity contribution in [3.63, 3.8) is 0 Å². The van der Waals surface area contributed by atoms with Crippen molar-refractivity contribution < 1.29 is 0 Å². The van der Waals surface area contributed by atoms with Crippen LogP contribution >= 0.6 is 0 Å². The Bertz CT molecular complexity index is 676. The van der Waals surface area contributed by atoms with Crippen LogP contribution in [0, 0.1) is 10.8 Å². The summed E-state index contributed by atoms with van der Waals surface area (Å²) < 4.78 is 0. The standard InChI is InChI=1S/C19H18.2C2H6/c1-18(2)13-19(18)9-7-16-11-14-5-3-4-6-15(14)12-17(16)8-10-19;2*1-2/h3-12H,13H2,1-2H3;2*1-2H3. The monoisotopic (exact) mass is 306 g/mol. The van der Waals surface area contributed by atoms with Gasteiger partial charge in [-0.1, -0.05) is 90.1 Å². The second-order valence-corrected chi connectivity index (χ2v) is 6.60. The Morgan fingerprint density at radius 3 is 1.48 bits per heavy atom. The molecule has 0 radical (unpaired) electrons. The molecule has 122 valence electrons. The summed E-state index contributed by atoms with van der Waals surface area (Å²) in [4.78, 5) is 0. The molecule has 0 heteroatoms. The van der Waals surface area contributed by atoms with Crippen LogP contribution in [0.25, 0.3) is 22.9 Å². The average molecular weight is 306 g/mol. The molecule has 4 rings (SSSR count). The molecule has 0 N–H and O–H groups in total. The zero-order valence-corrected chi connectivity index (χ0v) is 15.5. The van der Waals surface area contributed by atoms with Crippen LogP contribution < -0.4 is 0 Å². The Kier molecular flexibility index (Phi) is 5.14. The van der Waals surface area contributed by atoms with Crippen molar-refractivity contribution in [3.8, 4) is 0 Å². The summed E-state index contributed by atoms with van der Waals surface area (Å²) in [6, 6.07) is 13.2. The van der Waals surface area contributed by atoms with Crippen LogP contribution in [-0.4, -0.2) is 0 Å². The van der Waals surface area contributed by atoms with Crippen LogP contribution in [0.1, 0.15) is 59.1 Å². The molecular weight excluding hydrogens is 276 g/mol. The van der Waals surface area contributed by atoms with Gasteiger partial charge in [-0.3, -0.25) is 0 Å². The Labute approximate surface area is 141 Å². The summed E-state index contributed by atoms with van der Waals surface area (Å²) in [6.45, 7) is 12.7. The first-order chi connectivity index (χ1) is 11.1. The smallest absolute Gasteiger partial charge is 0.0125 e.